The van der Waals surface area contributed by atoms with Crippen molar-refractivity contribution in [2.45, 2.75) is 32.1 Å². The van der Waals surface area contributed by atoms with Crippen molar-refractivity contribution in [2.75, 3.05) is 0 Å². The summed E-state index contributed by atoms with van der Waals surface area (Å²) in [4.78, 5) is 19.8. The van der Waals surface area contributed by atoms with Crippen molar-refractivity contribution in [3.8, 4) is 11.5 Å². The molecule has 0 atom stereocenters. The molecule has 0 aromatic carbocycles. The minimum absolute atomic E-state index is 0.299. The fourth-order valence-corrected chi connectivity index (χ4v) is 2.81. The van der Waals surface area contributed by atoms with Gasteiger partial charge in [0, 0.05) is 13.5 Å². The molecule has 2 aromatic rings. The van der Waals surface area contributed by atoms with Gasteiger partial charge in [-0.2, -0.15) is 4.98 Å². The Morgan fingerprint density at radius 1 is 1.50 bits per heavy atom. The van der Waals surface area contributed by atoms with Crippen LogP contribution < -0.4 is 0 Å². The van der Waals surface area contributed by atoms with Gasteiger partial charge in [-0.15, -0.1) is 0 Å². The Morgan fingerprint density at radius 2 is 2.25 bits per heavy atom. The fraction of sp³-hybridized carbons (Fsp3) is 0.538. The second-order valence-corrected chi connectivity index (χ2v) is 5.37. The van der Waals surface area contributed by atoms with Gasteiger partial charge in [0.2, 0.25) is 11.7 Å². The lowest BCUT2D eigenvalue weighted by molar-refractivity contribution is -0.148. The van der Waals surface area contributed by atoms with Crippen LogP contribution >= 0.6 is 0 Å². The molecule has 0 spiro atoms. The Labute approximate surface area is 115 Å². The summed E-state index contributed by atoms with van der Waals surface area (Å²) in [6.07, 6.45) is 6.83. The van der Waals surface area contributed by atoms with E-state index in [1.165, 1.54) is 0 Å². The summed E-state index contributed by atoms with van der Waals surface area (Å²) in [7, 11) is 1.84. The molecule has 1 N–H and O–H groups in total. The quantitative estimate of drug-likeness (QED) is 0.912. The van der Waals surface area contributed by atoms with E-state index < -0.39 is 11.4 Å². The van der Waals surface area contributed by atoms with E-state index >= 15 is 0 Å². The van der Waals surface area contributed by atoms with Crippen LogP contribution in [0, 0.1) is 5.41 Å². The molecule has 0 unspecified atom stereocenters. The van der Waals surface area contributed by atoms with Crippen LogP contribution in [0.1, 0.15) is 31.6 Å². The average Bonchev–Trinajstić information content (AvgIpc) is 3.10. The Balaban J connectivity index is 1.84. The number of carbonyl (C=O) groups is 1. The maximum atomic E-state index is 11.5. The van der Waals surface area contributed by atoms with Crippen LogP contribution in [0.3, 0.4) is 0 Å². The lowest BCUT2D eigenvalue weighted by Gasteiger charge is -2.21. The summed E-state index contributed by atoms with van der Waals surface area (Å²) >= 11 is 0. The fourth-order valence-electron chi connectivity index (χ4n) is 2.81. The van der Waals surface area contributed by atoms with Crippen molar-refractivity contribution >= 4 is 5.97 Å². The van der Waals surface area contributed by atoms with Crippen LogP contribution in [0.4, 0.5) is 0 Å². The zero-order valence-electron chi connectivity index (χ0n) is 11.2. The lowest BCUT2D eigenvalue weighted by atomic mass is 9.83. The van der Waals surface area contributed by atoms with Gasteiger partial charge in [0.1, 0.15) is 5.69 Å². The van der Waals surface area contributed by atoms with Gasteiger partial charge in [-0.05, 0) is 12.8 Å². The van der Waals surface area contributed by atoms with E-state index in [1.54, 1.807) is 17.1 Å². The molecule has 2 heterocycles. The predicted molar refractivity (Wildman–Crippen MR) is 68.7 cm³/mol. The number of hydrogen-bond donors (Lipinski definition) is 1. The third-order valence-corrected chi connectivity index (χ3v) is 4.02. The highest BCUT2D eigenvalue weighted by Gasteiger charge is 2.42. The Kier molecular flexibility index (Phi) is 3.04. The van der Waals surface area contributed by atoms with Gasteiger partial charge in [-0.3, -0.25) is 4.79 Å². The van der Waals surface area contributed by atoms with Gasteiger partial charge in [0.05, 0.1) is 17.9 Å². The number of imidazole rings is 1. The van der Waals surface area contributed by atoms with Crippen LogP contribution in [0.5, 0.6) is 0 Å². The third-order valence-electron chi connectivity index (χ3n) is 4.02. The van der Waals surface area contributed by atoms with Crippen LogP contribution in [0.15, 0.2) is 17.0 Å². The van der Waals surface area contributed by atoms with Crippen molar-refractivity contribution in [2.24, 2.45) is 12.5 Å². The molecule has 106 valence electrons. The minimum Gasteiger partial charge on any atom is -0.481 e. The first-order valence-electron chi connectivity index (χ1n) is 6.63. The number of aryl methyl sites for hydroxylation is 1. The van der Waals surface area contributed by atoms with E-state index in [9.17, 15) is 9.90 Å². The molecule has 0 saturated heterocycles. The highest BCUT2D eigenvalue weighted by molar-refractivity contribution is 5.75. The monoisotopic (exact) mass is 276 g/mol. The van der Waals surface area contributed by atoms with Crippen molar-refractivity contribution in [3.63, 3.8) is 0 Å². The maximum absolute atomic E-state index is 11.5. The zero-order chi connectivity index (χ0) is 14.2. The molecule has 1 fully saturated rings. The van der Waals surface area contributed by atoms with Gasteiger partial charge in [-0.25, -0.2) is 4.98 Å². The molecule has 2 aromatic heterocycles. The smallest absolute Gasteiger partial charge is 0.310 e. The normalized spacial score (nSPS) is 17.4. The summed E-state index contributed by atoms with van der Waals surface area (Å²) < 4.78 is 7.00. The maximum Gasteiger partial charge on any atom is 0.310 e. The number of carboxylic acids is 1. The summed E-state index contributed by atoms with van der Waals surface area (Å²) in [5.74, 6) is 0.0549. The van der Waals surface area contributed by atoms with Gasteiger partial charge in [0.15, 0.2) is 0 Å². The largest absolute Gasteiger partial charge is 0.481 e. The number of aromatic nitrogens is 4. The number of rotatable bonds is 4. The first-order valence-corrected chi connectivity index (χ1v) is 6.63. The van der Waals surface area contributed by atoms with E-state index in [0.29, 0.717) is 31.0 Å². The molecule has 3 rings (SSSR count). The van der Waals surface area contributed by atoms with E-state index in [-0.39, 0.29) is 0 Å². The van der Waals surface area contributed by atoms with Crippen molar-refractivity contribution < 1.29 is 14.4 Å². The molecular formula is C13H16N4O3. The standard InChI is InChI=1S/C13H16N4O3/c1-17-8-14-7-9(17)11-15-10(20-16-11)6-13(12(18)19)4-2-3-5-13/h7-8H,2-6H2,1H3,(H,18,19). The van der Waals surface area contributed by atoms with Crippen LogP contribution in [0.2, 0.25) is 0 Å². The molecule has 0 bridgehead atoms. The Hall–Kier alpha value is -2.18. The highest BCUT2D eigenvalue weighted by atomic mass is 16.5. The van der Waals surface area contributed by atoms with Gasteiger partial charge < -0.3 is 14.2 Å². The third kappa shape index (κ3) is 2.09. The second-order valence-electron chi connectivity index (χ2n) is 5.37. The summed E-state index contributed by atoms with van der Waals surface area (Å²) in [6, 6.07) is 0. The number of nitrogens with zero attached hydrogens (tertiary/aromatic N) is 4. The molecule has 1 aliphatic carbocycles. The van der Waals surface area contributed by atoms with Crippen LogP contribution in [-0.2, 0) is 18.3 Å². The van der Waals surface area contributed by atoms with Gasteiger partial charge in [-0.1, -0.05) is 18.0 Å². The molecule has 0 aliphatic heterocycles. The van der Waals surface area contributed by atoms with Gasteiger partial charge in [0.25, 0.3) is 0 Å². The van der Waals surface area contributed by atoms with Crippen molar-refractivity contribution in [1.29, 1.82) is 0 Å². The predicted octanol–water partition coefficient (Wildman–Crippen LogP) is 1.66. The highest BCUT2D eigenvalue weighted by Crippen LogP contribution is 2.41. The number of aliphatic carboxylic acids is 1. The topological polar surface area (TPSA) is 94.0 Å². The van der Waals surface area contributed by atoms with E-state index in [1.807, 2.05) is 7.05 Å². The molecule has 20 heavy (non-hydrogen) atoms. The molecule has 0 amide bonds. The SMILES string of the molecule is Cn1cncc1-c1noc(CC2(C(=O)O)CCCC2)n1. The average molecular weight is 276 g/mol. The first kappa shape index (κ1) is 12.8. The van der Waals surface area contributed by atoms with Crippen molar-refractivity contribution in [1.82, 2.24) is 19.7 Å². The van der Waals surface area contributed by atoms with E-state index in [0.717, 1.165) is 18.5 Å². The van der Waals surface area contributed by atoms with Crippen LogP contribution in [-0.4, -0.2) is 30.8 Å². The zero-order valence-corrected chi connectivity index (χ0v) is 11.2. The van der Waals surface area contributed by atoms with E-state index in [2.05, 4.69) is 15.1 Å². The minimum atomic E-state index is -0.768. The molecule has 0 radical (unpaired) electrons. The molecule has 7 heteroatoms. The summed E-state index contributed by atoms with van der Waals surface area (Å²) in [5, 5.41) is 13.4. The van der Waals surface area contributed by atoms with Crippen molar-refractivity contribution in [3.05, 3.63) is 18.4 Å². The molecule has 7 nitrogen and oxygen atoms in total. The summed E-state index contributed by atoms with van der Waals surface area (Å²) in [5.41, 5.74) is 0.00629. The van der Waals surface area contributed by atoms with Gasteiger partial charge >= 0.3 is 5.97 Å². The van der Waals surface area contributed by atoms with Crippen LogP contribution in [0.25, 0.3) is 11.5 Å². The Morgan fingerprint density at radius 3 is 2.85 bits per heavy atom. The first-order chi connectivity index (χ1) is 9.61. The van der Waals surface area contributed by atoms with E-state index in [4.69, 9.17) is 4.52 Å². The second kappa shape index (κ2) is 4.73. The lowest BCUT2D eigenvalue weighted by Crippen LogP contribution is -2.30. The Bertz CT molecular complexity index is 625. The number of hydrogen-bond acceptors (Lipinski definition) is 5. The number of carboxylic acid groups (broad SMARTS) is 1. The molecular weight excluding hydrogens is 260 g/mol. The summed E-state index contributed by atoms with van der Waals surface area (Å²) in [6.45, 7) is 0. The molecule has 1 aliphatic rings. The molecule has 1 saturated carbocycles.